The number of benzene rings is 3. The average Bonchev–Trinajstić information content (AvgIpc) is 2.79. The maximum atomic E-state index is 13.8. The number of ether oxygens (including phenoxy) is 4. The van der Waals surface area contributed by atoms with Gasteiger partial charge in [0, 0.05) is 11.6 Å². The van der Waals surface area contributed by atoms with Crippen molar-refractivity contribution < 1.29 is 27.4 Å². The first-order valence-corrected chi connectivity index (χ1v) is 10.7. The Bertz CT molecular complexity index is 1090. The summed E-state index contributed by atoms with van der Waals surface area (Å²) in [5, 5.41) is -1.03. The molecule has 3 aromatic rings. The molecule has 0 amide bonds. The third-order valence-electron chi connectivity index (χ3n) is 4.82. The van der Waals surface area contributed by atoms with Crippen LogP contribution in [0.5, 0.6) is 23.0 Å². The summed E-state index contributed by atoms with van der Waals surface area (Å²) in [4.78, 5) is 0.211. The van der Waals surface area contributed by atoms with Gasteiger partial charge >= 0.3 is 0 Å². The summed E-state index contributed by atoms with van der Waals surface area (Å²) in [6, 6.07) is 18.6. The molecular weight excluding hydrogens is 404 g/mol. The number of rotatable bonds is 8. The Morgan fingerprint density at radius 2 is 1.23 bits per heavy atom. The summed E-state index contributed by atoms with van der Waals surface area (Å²) in [7, 11) is 2.24. The molecule has 0 heterocycles. The lowest BCUT2D eigenvalue weighted by Gasteiger charge is -2.23. The smallest absolute Gasteiger partial charge is 0.189 e. The van der Waals surface area contributed by atoms with Crippen molar-refractivity contribution in [3.05, 3.63) is 77.9 Å². The molecule has 0 aliphatic rings. The number of hydrogen-bond acceptors (Lipinski definition) is 6. The van der Waals surface area contributed by atoms with Crippen molar-refractivity contribution in [2.24, 2.45) is 0 Å². The molecule has 0 N–H and O–H groups in total. The van der Waals surface area contributed by atoms with E-state index in [4.69, 9.17) is 18.9 Å². The van der Waals surface area contributed by atoms with Gasteiger partial charge in [-0.05, 0) is 35.9 Å². The Morgan fingerprint density at radius 3 is 1.77 bits per heavy atom. The molecule has 0 bridgehead atoms. The second kappa shape index (κ2) is 9.09. The van der Waals surface area contributed by atoms with Gasteiger partial charge in [-0.25, -0.2) is 8.42 Å². The fourth-order valence-corrected chi connectivity index (χ4v) is 5.15. The molecule has 0 radical (unpaired) electrons. The quantitative estimate of drug-likeness (QED) is 0.533. The van der Waals surface area contributed by atoms with E-state index in [9.17, 15) is 8.42 Å². The SMILES string of the molecule is COc1ccc(C(c2cc(OC)c(OC)cc2OC)S(=O)(=O)c2ccccc2)cc1. The summed E-state index contributed by atoms with van der Waals surface area (Å²) < 4.78 is 49.0. The van der Waals surface area contributed by atoms with Gasteiger partial charge in [0.1, 0.15) is 16.7 Å². The lowest BCUT2D eigenvalue weighted by atomic mass is 10.0. The van der Waals surface area contributed by atoms with Gasteiger partial charge < -0.3 is 18.9 Å². The molecule has 30 heavy (non-hydrogen) atoms. The van der Waals surface area contributed by atoms with Crippen LogP contribution in [0.2, 0.25) is 0 Å². The number of hydrogen-bond donors (Lipinski definition) is 0. The van der Waals surface area contributed by atoms with E-state index < -0.39 is 15.1 Å². The molecule has 0 aromatic heterocycles. The van der Waals surface area contributed by atoms with Gasteiger partial charge in [0.15, 0.2) is 21.3 Å². The Labute approximate surface area is 176 Å². The first kappa shape index (κ1) is 21.5. The predicted molar refractivity (Wildman–Crippen MR) is 115 cm³/mol. The van der Waals surface area contributed by atoms with Crippen molar-refractivity contribution in [2.75, 3.05) is 28.4 Å². The molecule has 3 aromatic carbocycles. The highest BCUT2D eigenvalue weighted by molar-refractivity contribution is 7.92. The summed E-state index contributed by atoms with van der Waals surface area (Å²) in [5.74, 6) is 1.88. The van der Waals surface area contributed by atoms with Crippen molar-refractivity contribution in [1.29, 1.82) is 0 Å². The Morgan fingerprint density at radius 1 is 0.667 bits per heavy atom. The fourth-order valence-electron chi connectivity index (χ4n) is 3.31. The minimum atomic E-state index is -3.82. The van der Waals surface area contributed by atoms with Crippen LogP contribution in [0.4, 0.5) is 0 Å². The van der Waals surface area contributed by atoms with Crippen molar-refractivity contribution in [1.82, 2.24) is 0 Å². The van der Waals surface area contributed by atoms with Crippen molar-refractivity contribution in [3.63, 3.8) is 0 Å². The number of sulfone groups is 1. The summed E-state index contributed by atoms with van der Waals surface area (Å²) in [5.41, 5.74) is 1.02. The molecule has 1 unspecified atom stereocenters. The highest BCUT2D eigenvalue weighted by atomic mass is 32.2. The zero-order valence-corrected chi connectivity index (χ0v) is 18.1. The zero-order valence-electron chi connectivity index (χ0n) is 17.3. The van der Waals surface area contributed by atoms with E-state index in [-0.39, 0.29) is 4.90 Å². The molecule has 0 aliphatic carbocycles. The normalized spacial score (nSPS) is 12.1. The third kappa shape index (κ3) is 4.07. The summed E-state index contributed by atoms with van der Waals surface area (Å²) in [6.45, 7) is 0. The highest BCUT2D eigenvalue weighted by Crippen LogP contribution is 2.44. The molecular formula is C23H24O6S. The van der Waals surface area contributed by atoms with Crippen LogP contribution in [-0.2, 0) is 9.84 Å². The van der Waals surface area contributed by atoms with Crippen molar-refractivity contribution in [3.8, 4) is 23.0 Å². The second-order valence-electron chi connectivity index (χ2n) is 6.46. The van der Waals surface area contributed by atoms with Crippen LogP contribution in [-0.4, -0.2) is 36.9 Å². The fraction of sp³-hybridized carbons (Fsp3) is 0.217. The summed E-state index contributed by atoms with van der Waals surface area (Å²) in [6.07, 6.45) is 0. The van der Waals surface area contributed by atoms with Gasteiger partial charge in [-0.2, -0.15) is 0 Å². The van der Waals surface area contributed by atoms with Crippen LogP contribution < -0.4 is 18.9 Å². The van der Waals surface area contributed by atoms with Crippen molar-refractivity contribution in [2.45, 2.75) is 10.1 Å². The minimum absolute atomic E-state index is 0.211. The molecule has 158 valence electrons. The van der Waals surface area contributed by atoms with Crippen LogP contribution in [0.3, 0.4) is 0 Å². The van der Waals surface area contributed by atoms with E-state index in [1.807, 2.05) is 0 Å². The van der Waals surface area contributed by atoms with Gasteiger partial charge in [-0.3, -0.25) is 0 Å². The van der Waals surface area contributed by atoms with Crippen LogP contribution in [0, 0.1) is 0 Å². The zero-order chi connectivity index (χ0) is 21.7. The van der Waals surface area contributed by atoms with Gasteiger partial charge in [-0.1, -0.05) is 30.3 Å². The minimum Gasteiger partial charge on any atom is -0.497 e. The van der Waals surface area contributed by atoms with Crippen LogP contribution in [0.1, 0.15) is 16.4 Å². The largest absolute Gasteiger partial charge is 0.497 e. The summed E-state index contributed by atoms with van der Waals surface area (Å²) >= 11 is 0. The average molecular weight is 429 g/mol. The Kier molecular flexibility index (Phi) is 6.52. The molecule has 0 saturated heterocycles. The van der Waals surface area contributed by atoms with E-state index in [0.717, 1.165) is 0 Å². The molecule has 0 fully saturated rings. The Balaban J connectivity index is 2.29. The Hall–Kier alpha value is -3.19. The van der Waals surface area contributed by atoms with Gasteiger partial charge in [0.25, 0.3) is 0 Å². The lowest BCUT2D eigenvalue weighted by molar-refractivity contribution is 0.347. The van der Waals surface area contributed by atoms with E-state index in [0.29, 0.717) is 34.1 Å². The van der Waals surface area contributed by atoms with Crippen LogP contribution >= 0.6 is 0 Å². The lowest BCUT2D eigenvalue weighted by Crippen LogP contribution is -2.16. The topological polar surface area (TPSA) is 71.1 Å². The van der Waals surface area contributed by atoms with Crippen LogP contribution in [0.25, 0.3) is 0 Å². The highest BCUT2D eigenvalue weighted by Gasteiger charge is 2.34. The maximum absolute atomic E-state index is 13.8. The predicted octanol–water partition coefficient (Wildman–Crippen LogP) is 4.28. The first-order valence-electron chi connectivity index (χ1n) is 9.19. The molecule has 1 atom stereocenters. The van der Waals surface area contributed by atoms with E-state index in [1.54, 1.807) is 73.8 Å². The molecule has 0 saturated carbocycles. The molecule has 7 heteroatoms. The molecule has 3 rings (SSSR count). The maximum Gasteiger partial charge on any atom is 0.189 e. The van der Waals surface area contributed by atoms with Gasteiger partial charge in [-0.15, -0.1) is 0 Å². The molecule has 0 spiro atoms. The van der Waals surface area contributed by atoms with Gasteiger partial charge in [0.2, 0.25) is 0 Å². The van der Waals surface area contributed by atoms with E-state index in [2.05, 4.69) is 0 Å². The standard InChI is InChI=1S/C23H24O6S/c1-26-17-12-10-16(11-13-17)23(30(24,25)18-8-6-5-7-9-18)19-14-21(28-3)22(29-4)15-20(19)27-2/h5-15,23H,1-4H3. The second-order valence-corrected chi connectivity index (χ2v) is 8.49. The first-order chi connectivity index (χ1) is 14.5. The monoisotopic (exact) mass is 428 g/mol. The van der Waals surface area contributed by atoms with E-state index in [1.165, 1.54) is 21.3 Å². The third-order valence-corrected chi connectivity index (χ3v) is 6.89. The van der Waals surface area contributed by atoms with Crippen LogP contribution in [0.15, 0.2) is 71.6 Å². The molecule has 0 aliphatic heterocycles. The van der Waals surface area contributed by atoms with Gasteiger partial charge in [0.05, 0.1) is 33.3 Å². The van der Waals surface area contributed by atoms with E-state index >= 15 is 0 Å². The number of methoxy groups -OCH3 is 4. The van der Waals surface area contributed by atoms with Crippen molar-refractivity contribution >= 4 is 9.84 Å². The molecule has 6 nitrogen and oxygen atoms in total.